The molecule has 128 valence electrons. The lowest BCUT2D eigenvalue weighted by molar-refractivity contribution is -0.122. The van der Waals surface area contributed by atoms with Crippen molar-refractivity contribution in [3.05, 3.63) is 0 Å². The topological polar surface area (TPSA) is 75.7 Å². The van der Waals surface area contributed by atoms with Gasteiger partial charge in [0, 0.05) is 19.2 Å². The molecule has 22 heavy (non-hydrogen) atoms. The molecule has 1 unspecified atom stereocenters. The van der Waals surface area contributed by atoms with E-state index in [1.165, 1.54) is 10.6 Å². The van der Waals surface area contributed by atoms with Crippen LogP contribution in [0.3, 0.4) is 0 Å². The summed E-state index contributed by atoms with van der Waals surface area (Å²) in [7, 11) is -3.37. The van der Waals surface area contributed by atoms with Gasteiger partial charge in [0.05, 0.1) is 18.9 Å². The third-order valence-electron chi connectivity index (χ3n) is 4.51. The number of nitrogens with zero attached hydrogens (tertiary/aromatic N) is 1. The summed E-state index contributed by atoms with van der Waals surface area (Å²) in [5.74, 6) is -0.231. The summed E-state index contributed by atoms with van der Waals surface area (Å²) in [6.45, 7) is 1.15. The quantitative estimate of drug-likeness (QED) is 0.743. The lowest BCUT2D eigenvalue weighted by Crippen LogP contribution is -2.46. The van der Waals surface area contributed by atoms with Crippen molar-refractivity contribution in [1.82, 2.24) is 9.62 Å². The summed E-state index contributed by atoms with van der Waals surface area (Å²) in [6.07, 6.45) is 9.34. The van der Waals surface area contributed by atoms with Crippen molar-refractivity contribution >= 4 is 15.9 Å². The van der Waals surface area contributed by atoms with Crippen molar-refractivity contribution in [3.8, 4) is 0 Å². The van der Waals surface area contributed by atoms with Gasteiger partial charge in [0.15, 0.2) is 0 Å². The van der Waals surface area contributed by atoms with Gasteiger partial charge in [0.1, 0.15) is 0 Å². The molecule has 2 aliphatic rings. The Kier molecular flexibility index (Phi) is 6.65. The van der Waals surface area contributed by atoms with Crippen LogP contribution in [0.15, 0.2) is 0 Å². The van der Waals surface area contributed by atoms with E-state index in [2.05, 4.69) is 5.32 Å². The minimum Gasteiger partial charge on any atom is -0.376 e. The van der Waals surface area contributed by atoms with E-state index >= 15 is 0 Å². The molecular weight excluding hydrogens is 304 g/mol. The Balaban J connectivity index is 1.89. The lowest BCUT2D eigenvalue weighted by Gasteiger charge is -2.28. The van der Waals surface area contributed by atoms with Crippen molar-refractivity contribution in [2.45, 2.75) is 63.5 Å². The SMILES string of the molecule is CS(=O)(=O)N(CC(=O)NCC1CCCO1)C1CCCCCC1. The predicted molar refractivity (Wildman–Crippen MR) is 85.0 cm³/mol. The molecule has 1 amide bonds. The molecule has 0 aromatic rings. The number of hydrogen-bond acceptors (Lipinski definition) is 4. The van der Waals surface area contributed by atoms with E-state index in [-0.39, 0.29) is 24.6 Å². The van der Waals surface area contributed by atoms with Crippen LogP contribution >= 0.6 is 0 Å². The van der Waals surface area contributed by atoms with Crippen molar-refractivity contribution in [2.75, 3.05) is 26.0 Å². The van der Waals surface area contributed by atoms with Gasteiger partial charge in [-0.3, -0.25) is 4.79 Å². The van der Waals surface area contributed by atoms with E-state index in [1.54, 1.807) is 0 Å². The number of sulfonamides is 1. The lowest BCUT2D eigenvalue weighted by atomic mass is 10.1. The highest BCUT2D eigenvalue weighted by molar-refractivity contribution is 7.88. The van der Waals surface area contributed by atoms with Crippen LogP contribution in [0.5, 0.6) is 0 Å². The van der Waals surface area contributed by atoms with Crippen LogP contribution in [0.25, 0.3) is 0 Å². The summed E-state index contributed by atoms with van der Waals surface area (Å²) in [4.78, 5) is 12.1. The number of ether oxygens (including phenoxy) is 1. The second-order valence-electron chi connectivity index (χ2n) is 6.39. The van der Waals surface area contributed by atoms with Gasteiger partial charge in [-0.15, -0.1) is 0 Å². The van der Waals surface area contributed by atoms with Crippen LogP contribution in [0.1, 0.15) is 51.4 Å². The Bertz CT molecular complexity index is 452. The standard InChI is InChI=1S/C15H28N2O4S/c1-22(19,20)17(13-7-4-2-3-5-8-13)12-15(18)16-11-14-9-6-10-21-14/h13-14H,2-12H2,1H3,(H,16,18). The fraction of sp³-hybridized carbons (Fsp3) is 0.933. The van der Waals surface area contributed by atoms with Gasteiger partial charge in [-0.05, 0) is 25.7 Å². The zero-order valence-corrected chi connectivity index (χ0v) is 14.2. The van der Waals surface area contributed by atoms with Gasteiger partial charge < -0.3 is 10.1 Å². The van der Waals surface area contributed by atoms with Crippen LogP contribution in [0, 0.1) is 0 Å². The average molecular weight is 332 g/mol. The second-order valence-corrected chi connectivity index (χ2v) is 8.33. The molecule has 2 rings (SSSR count). The molecule has 1 N–H and O–H groups in total. The van der Waals surface area contributed by atoms with Gasteiger partial charge in [-0.2, -0.15) is 4.31 Å². The average Bonchev–Trinajstić information content (AvgIpc) is 2.83. The van der Waals surface area contributed by atoms with Crippen LogP contribution in [0.2, 0.25) is 0 Å². The fourth-order valence-corrected chi connectivity index (χ4v) is 4.40. The molecule has 0 aromatic carbocycles. The Labute approximate surface area is 133 Å². The first-order valence-electron chi connectivity index (χ1n) is 8.32. The van der Waals surface area contributed by atoms with E-state index in [4.69, 9.17) is 4.74 Å². The number of hydrogen-bond donors (Lipinski definition) is 1. The molecule has 0 radical (unpaired) electrons. The Morgan fingerprint density at radius 2 is 1.82 bits per heavy atom. The monoisotopic (exact) mass is 332 g/mol. The predicted octanol–water partition coefficient (Wildman–Crippen LogP) is 1.27. The minimum atomic E-state index is -3.37. The van der Waals surface area contributed by atoms with Crippen molar-refractivity contribution in [3.63, 3.8) is 0 Å². The molecule has 1 atom stereocenters. The van der Waals surface area contributed by atoms with Gasteiger partial charge in [-0.1, -0.05) is 25.7 Å². The van der Waals surface area contributed by atoms with Crippen LogP contribution in [0.4, 0.5) is 0 Å². The van der Waals surface area contributed by atoms with Gasteiger partial charge >= 0.3 is 0 Å². The molecular formula is C15H28N2O4S. The zero-order valence-electron chi connectivity index (χ0n) is 13.4. The maximum absolute atomic E-state index is 12.1. The number of rotatable bonds is 6. The minimum absolute atomic E-state index is 0.0361. The number of amides is 1. The van der Waals surface area contributed by atoms with E-state index < -0.39 is 10.0 Å². The first-order valence-corrected chi connectivity index (χ1v) is 10.2. The molecule has 0 aromatic heterocycles. The summed E-state index contributed by atoms with van der Waals surface area (Å²) < 4.78 is 31.0. The largest absolute Gasteiger partial charge is 0.376 e. The third-order valence-corrected chi connectivity index (χ3v) is 5.79. The molecule has 0 spiro atoms. The molecule has 1 saturated heterocycles. The van der Waals surface area contributed by atoms with Crippen LogP contribution in [-0.4, -0.2) is 56.7 Å². The fourth-order valence-electron chi connectivity index (χ4n) is 3.29. The zero-order chi connectivity index (χ0) is 16.0. The van der Waals surface area contributed by atoms with E-state index in [0.717, 1.165) is 58.0 Å². The van der Waals surface area contributed by atoms with Crippen molar-refractivity contribution in [2.24, 2.45) is 0 Å². The Morgan fingerprint density at radius 1 is 1.14 bits per heavy atom. The number of carbonyl (C=O) groups is 1. The van der Waals surface area contributed by atoms with Gasteiger partial charge in [0.25, 0.3) is 0 Å². The first kappa shape index (κ1) is 17.7. The van der Waals surface area contributed by atoms with E-state index in [1.807, 2.05) is 0 Å². The first-order chi connectivity index (χ1) is 10.5. The summed E-state index contributed by atoms with van der Waals surface area (Å²) >= 11 is 0. The molecule has 6 nitrogen and oxygen atoms in total. The molecule has 0 bridgehead atoms. The van der Waals surface area contributed by atoms with Crippen molar-refractivity contribution < 1.29 is 17.9 Å². The highest BCUT2D eigenvalue weighted by atomic mass is 32.2. The second kappa shape index (κ2) is 8.26. The third kappa shape index (κ3) is 5.52. The number of nitrogens with one attached hydrogen (secondary N) is 1. The molecule has 1 saturated carbocycles. The van der Waals surface area contributed by atoms with Crippen LogP contribution in [-0.2, 0) is 19.6 Å². The highest BCUT2D eigenvalue weighted by Gasteiger charge is 2.29. The maximum Gasteiger partial charge on any atom is 0.235 e. The maximum atomic E-state index is 12.1. The van der Waals surface area contributed by atoms with Crippen molar-refractivity contribution in [1.29, 1.82) is 0 Å². The normalized spacial score (nSPS) is 24.4. The summed E-state index contributed by atoms with van der Waals surface area (Å²) in [5.41, 5.74) is 0. The molecule has 2 fully saturated rings. The van der Waals surface area contributed by atoms with Crippen LogP contribution < -0.4 is 5.32 Å². The van der Waals surface area contributed by atoms with E-state index in [9.17, 15) is 13.2 Å². The smallest absolute Gasteiger partial charge is 0.235 e. The number of carbonyl (C=O) groups excluding carboxylic acids is 1. The van der Waals surface area contributed by atoms with E-state index in [0.29, 0.717) is 6.54 Å². The molecule has 7 heteroatoms. The Morgan fingerprint density at radius 3 is 2.36 bits per heavy atom. The molecule has 1 aliphatic carbocycles. The molecule has 1 heterocycles. The summed E-state index contributed by atoms with van der Waals surface area (Å²) in [5, 5.41) is 2.81. The van der Waals surface area contributed by atoms with Gasteiger partial charge in [0.2, 0.25) is 15.9 Å². The Hall–Kier alpha value is -0.660. The van der Waals surface area contributed by atoms with Gasteiger partial charge in [-0.25, -0.2) is 8.42 Å². The summed E-state index contributed by atoms with van der Waals surface area (Å²) in [6, 6.07) is -0.0361. The molecule has 1 aliphatic heterocycles. The highest BCUT2D eigenvalue weighted by Crippen LogP contribution is 2.23.